The van der Waals surface area contributed by atoms with Gasteiger partial charge in [0, 0.05) is 34.7 Å². The van der Waals surface area contributed by atoms with Crippen LogP contribution in [0.3, 0.4) is 0 Å². The van der Waals surface area contributed by atoms with Crippen LogP contribution < -0.4 is 5.32 Å². The molecule has 0 atom stereocenters. The highest BCUT2D eigenvalue weighted by atomic mass is 79.9. The van der Waals surface area contributed by atoms with Crippen molar-refractivity contribution in [2.24, 2.45) is 7.05 Å². The molecule has 0 fully saturated rings. The van der Waals surface area contributed by atoms with Gasteiger partial charge in [0.2, 0.25) is 0 Å². The Morgan fingerprint density at radius 1 is 1.40 bits per heavy atom. The first-order valence-electron chi connectivity index (χ1n) is 5.24. The van der Waals surface area contributed by atoms with E-state index in [2.05, 4.69) is 51.1 Å². The largest absolute Gasteiger partial charge is 0.346 e. The molecule has 1 aromatic carbocycles. The number of benzene rings is 1. The van der Waals surface area contributed by atoms with E-state index in [-0.39, 0.29) is 0 Å². The van der Waals surface area contributed by atoms with Gasteiger partial charge in [-0.1, -0.05) is 15.9 Å². The summed E-state index contributed by atoms with van der Waals surface area (Å²) in [6.07, 6.45) is 1.14. The van der Waals surface area contributed by atoms with Gasteiger partial charge in [-0.05, 0) is 36.7 Å². The average Bonchev–Trinajstić information content (AvgIpc) is 2.54. The lowest BCUT2D eigenvalue weighted by atomic mass is 10.1. The third-order valence-corrected chi connectivity index (χ3v) is 3.74. The fraction of sp³-hybridized carbons (Fsp3) is 0.333. The van der Waals surface area contributed by atoms with Crippen LogP contribution in [0.1, 0.15) is 11.3 Å². The van der Waals surface area contributed by atoms with Gasteiger partial charge in [-0.15, -0.1) is 0 Å². The van der Waals surface area contributed by atoms with Gasteiger partial charge in [-0.2, -0.15) is 0 Å². The van der Waals surface area contributed by atoms with Gasteiger partial charge in [-0.25, -0.2) is 0 Å². The zero-order chi connectivity index (χ0) is 10.4. The molecule has 0 aliphatic carbocycles. The van der Waals surface area contributed by atoms with Crippen molar-refractivity contribution in [2.45, 2.75) is 13.0 Å². The lowest BCUT2D eigenvalue weighted by Crippen LogP contribution is -2.24. The van der Waals surface area contributed by atoms with Gasteiger partial charge < -0.3 is 9.88 Å². The number of fused-ring (bicyclic) bond motifs is 3. The van der Waals surface area contributed by atoms with Crippen molar-refractivity contribution in [3.63, 3.8) is 0 Å². The smallest absolute Gasteiger partial charge is 0.0483 e. The van der Waals surface area contributed by atoms with E-state index >= 15 is 0 Å². The van der Waals surface area contributed by atoms with E-state index < -0.39 is 0 Å². The Bertz CT molecular complexity index is 528. The fourth-order valence-electron chi connectivity index (χ4n) is 2.47. The zero-order valence-electron chi connectivity index (χ0n) is 8.68. The van der Waals surface area contributed by atoms with E-state index in [1.54, 1.807) is 0 Å². The molecule has 1 aliphatic rings. The van der Waals surface area contributed by atoms with Crippen LogP contribution in [0.15, 0.2) is 22.7 Å². The van der Waals surface area contributed by atoms with Crippen LogP contribution >= 0.6 is 15.9 Å². The van der Waals surface area contributed by atoms with Crippen LogP contribution in [0, 0.1) is 0 Å². The zero-order valence-corrected chi connectivity index (χ0v) is 10.3. The lowest BCUT2D eigenvalue weighted by molar-refractivity contribution is 0.614. The topological polar surface area (TPSA) is 17.0 Å². The summed E-state index contributed by atoms with van der Waals surface area (Å²) in [4.78, 5) is 0. The number of nitrogens with one attached hydrogen (secondary N) is 1. The minimum atomic E-state index is 0.998. The Balaban J connectivity index is 2.39. The van der Waals surface area contributed by atoms with Crippen LogP contribution in [0.2, 0.25) is 0 Å². The maximum Gasteiger partial charge on any atom is 0.0483 e. The maximum absolute atomic E-state index is 3.54. The van der Waals surface area contributed by atoms with Gasteiger partial charge in [0.25, 0.3) is 0 Å². The molecule has 0 saturated heterocycles. The minimum Gasteiger partial charge on any atom is -0.346 e. The van der Waals surface area contributed by atoms with E-state index in [0.717, 1.165) is 19.5 Å². The summed E-state index contributed by atoms with van der Waals surface area (Å²) in [6.45, 7) is 2.09. The second-order valence-electron chi connectivity index (χ2n) is 4.07. The van der Waals surface area contributed by atoms with E-state index in [4.69, 9.17) is 0 Å². The van der Waals surface area contributed by atoms with Gasteiger partial charge in [0.15, 0.2) is 0 Å². The number of hydrogen-bond donors (Lipinski definition) is 1. The first-order chi connectivity index (χ1) is 7.27. The number of halogens is 1. The van der Waals surface area contributed by atoms with Gasteiger partial charge in [-0.3, -0.25) is 0 Å². The van der Waals surface area contributed by atoms with Crippen LogP contribution in [0.5, 0.6) is 0 Å². The highest BCUT2D eigenvalue weighted by Gasteiger charge is 2.17. The molecule has 3 rings (SSSR count). The van der Waals surface area contributed by atoms with Crippen LogP contribution in [-0.4, -0.2) is 11.1 Å². The second kappa shape index (κ2) is 3.35. The Kier molecular flexibility index (Phi) is 2.11. The summed E-state index contributed by atoms with van der Waals surface area (Å²) in [5, 5.41) is 4.83. The van der Waals surface area contributed by atoms with E-state index in [1.165, 1.54) is 26.6 Å². The third-order valence-electron chi connectivity index (χ3n) is 3.24. The van der Waals surface area contributed by atoms with Gasteiger partial charge in [0.1, 0.15) is 0 Å². The molecule has 0 bridgehead atoms. The molecule has 1 aromatic heterocycles. The van der Waals surface area contributed by atoms with Crippen molar-refractivity contribution in [2.75, 3.05) is 6.54 Å². The summed E-state index contributed by atoms with van der Waals surface area (Å²) in [6, 6.07) is 6.54. The number of aromatic nitrogens is 1. The second-order valence-corrected chi connectivity index (χ2v) is 4.99. The van der Waals surface area contributed by atoms with Crippen LogP contribution in [0.4, 0.5) is 0 Å². The first-order valence-corrected chi connectivity index (χ1v) is 6.03. The predicted octanol–water partition coefficient (Wildman–Crippen LogP) is 2.59. The Labute approximate surface area is 97.4 Å². The molecular formula is C12H13BrN2. The monoisotopic (exact) mass is 264 g/mol. The highest BCUT2D eigenvalue weighted by Crippen LogP contribution is 2.29. The Morgan fingerprint density at radius 3 is 3.13 bits per heavy atom. The molecule has 2 aromatic rings. The minimum absolute atomic E-state index is 0.998. The average molecular weight is 265 g/mol. The van der Waals surface area contributed by atoms with Crippen LogP contribution in [-0.2, 0) is 20.0 Å². The van der Waals surface area contributed by atoms with E-state index in [9.17, 15) is 0 Å². The normalized spacial score (nSPS) is 15.6. The third kappa shape index (κ3) is 1.34. The molecule has 15 heavy (non-hydrogen) atoms. The summed E-state index contributed by atoms with van der Waals surface area (Å²) in [5.74, 6) is 0. The molecule has 0 spiro atoms. The molecule has 2 nitrogen and oxygen atoms in total. The number of nitrogens with zero attached hydrogens (tertiary/aromatic N) is 1. The van der Waals surface area contributed by atoms with Crippen molar-refractivity contribution >= 4 is 26.8 Å². The summed E-state index contributed by atoms with van der Waals surface area (Å²) >= 11 is 3.54. The summed E-state index contributed by atoms with van der Waals surface area (Å²) < 4.78 is 3.48. The molecule has 1 aliphatic heterocycles. The highest BCUT2D eigenvalue weighted by molar-refractivity contribution is 9.10. The number of rotatable bonds is 0. The molecule has 0 unspecified atom stereocenters. The summed E-state index contributed by atoms with van der Waals surface area (Å²) in [7, 11) is 2.15. The summed E-state index contributed by atoms with van der Waals surface area (Å²) in [5.41, 5.74) is 4.30. The van der Waals surface area contributed by atoms with Crippen LogP contribution in [0.25, 0.3) is 10.9 Å². The molecule has 3 heteroatoms. The quantitative estimate of drug-likeness (QED) is 0.774. The maximum atomic E-state index is 3.54. The van der Waals surface area contributed by atoms with Gasteiger partial charge in [0.05, 0.1) is 0 Å². The van der Waals surface area contributed by atoms with E-state index in [0.29, 0.717) is 0 Å². The molecule has 1 N–H and O–H groups in total. The van der Waals surface area contributed by atoms with Crippen molar-refractivity contribution in [3.05, 3.63) is 33.9 Å². The molecular weight excluding hydrogens is 252 g/mol. The first kappa shape index (κ1) is 9.43. The Morgan fingerprint density at radius 2 is 2.27 bits per heavy atom. The van der Waals surface area contributed by atoms with Crippen molar-refractivity contribution < 1.29 is 0 Å². The number of hydrogen-bond acceptors (Lipinski definition) is 1. The molecule has 78 valence electrons. The standard InChI is InChI=1S/C12H13BrN2/c1-15-11-3-2-8(13)6-10(11)9-4-5-14-7-12(9)15/h2-3,6,14H,4-5,7H2,1H3. The number of aryl methyl sites for hydroxylation is 1. The lowest BCUT2D eigenvalue weighted by Gasteiger charge is -2.14. The Hall–Kier alpha value is -0.800. The molecule has 0 radical (unpaired) electrons. The van der Waals surface area contributed by atoms with Crippen molar-refractivity contribution in [1.82, 2.24) is 9.88 Å². The molecule has 0 amide bonds. The molecule has 0 saturated carbocycles. The predicted molar refractivity (Wildman–Crippen MR) is 66.0 cm³/mol. The molecule has 2 heterocycles. The van der Waals surface area contributed by atoms with Crippen molar-refractivity contribution in [1.29, 1.82) is 0 Å². The van der Waals surface area contributed by atoms with Gasteiger partial charge >= 0.3 is 0 Å². The fourth-order valence-corrected chi connectivity index (χ4v) is 2.83. The van der Waals surface area contributed by atoms with Crippen molar-refractivity contribution in [3.8, 4) is 0 Å². The van der Waals surface area contributed by atoms with E-state index in [1.807, 2.05) is 0 Å². The SMILES string of the molecule is Cn1c2c(c3cc(Br)ccc31)CCNC2.